The molecular weight excluding hydrogens is 240 g/mol. The van der Waals surface area contributed by atoms with Crippen LogP contribution >= 0.6 is 0 Å². The van der Waals surface area contributed by atoms with Crippen molar-refractivity contribution >= 4 is 5.91 Å². The predicted octanol–water partition coefficient (Wildman–Crippen LogP) is 1.10. The van der Waals surface area contributed by atoms with Gasteiger partial charge < -0.3 is 15.4 Å². The molecule has 0 unspecified atom stereocenters. The SMILES string of the molecule is CC1(CNC(=O)c2ccc3c(c2)CNCC3)COC1. The van der Waals surface area contributed by atoms with Crippen molar-refractivity contribution in [3.63, 3.8) is 0 Å². The average molecular weight is 260 g/mol. The highest BCUT2D eigenvalue weighted by Crippen LogP contribution is 2.25. The van der Waals surface area contributed by atoms with Crippen LogP contribution in [0.15, 0.2) is 18.2 Å². The Kier molecular flexibility index (Phi) is 3.29. The predicted molar refractivity (Wildman–Crippen MR) is 73.1 cm³/mol. The van der Waals surface area contributed by atoms with Crippen molar-refractivity contribution in [2.24, 2.45) is 5.41 Å². The van der Waals surface area contributed by atoms with Crippen molar-refractivity contribution in [2.45, 2.75) is 19.9 Å². The van der Waals surface area contributed by atoms with E-state index in [0.717, 1.165) is 38.3 Å². The van der Waals surface area contributed by atoms with Crippen LogP contribution in [0.3, 0.4) is 0 Å². The zero-order valence-electron chi connectivity index (χ0n) is 11.3. The Bertz CT molecular complexity index is 495. The smallest absolute Gasteiger partial charge is 0.251 e. The number of fused-ring (bicyclic) bond motifs is 1. The lowest BCUT2D eigenvalue weighted by molar-refractivity contribution is -0.0978. The molecule has 0 aliphatic carbocycles. The number of nitrogens with one attached hydrogen (secondary N) is 2. The number of benzene rings is 1. The Morgan fingerprint density at radius 3 is 3.00 bits per heavy atom. The number of rotatable bonds is 3. The van der Waals surface area contributed by atoms with Crippen LogP contribution in [0.4, 0.5) is 0 Å². The number of hydrogen-bond acceptors (Lipinski definition) is 3. The zero-order valence-corrected chi connectivity index (χ0v) is 11.3. The summed E-state index contributed by atoms with van der Waals surface area (Å²) in [5.74, 6) is 0.0153. The quantitative estimate of drug-likeness (QED) is 0.855. The molecule has 0 spiro atoms. The highest BCUT2D eigenvalue weighted by atomic mass is 16.5. The minimum atomic E-state index is 0.0153. The first-order chi connectivity index (χ1) is 9.16. The number of amides is 1. The third kappa shape index (κ3) is 2.65. The van der Waals surface area contributed by atoms with E-state index >= 15 is 0 Å². The number of ether oxygens (including phenoxy) is 1. The van der Waals surface area contributed by atoms with Crippen molar-refractivity contribution < 1.29 is 9.53 Å². The number of hydrogen-bond donors (Lipinski definition) is 2. The van der Waals surface area contributed by atoms with Gasteiger partial charge in [-0.3, -0.25) is 4.79 Å². The van der Waals surface area contributed by atoms with E-state index in [9.17, 15) is 4.79 Å². The Morgan fingerprint density at radius 2 is 2.26 bits per heavy atom. The van der Waals surface area contributed by atoms with Gasteiger partial charge in [-0.15, -0.1) is 0 Å². The first-order valence-corrected chi connectivity index (χ1v) is 6.85. The van der Waals surface area contributed by atoms with Gasteiger partial charge in [0.25, 0.3) is 5.91 Å². The van der Waals surface area contributed by atoms with Gasteiger partial charge in [0.2, 0.25) is 0 Å². The second kappa shape index (κ2) is 4.94. The van der Waals surface area contributed by atoms with Gasteiger partial charge in [0.05, 0.1) is 13.2 Å². The van der Waals surface area contributed by atoms with Crippen molar-refractivity contribution in [1.29, 1.82) is 0 Å². The summed E-state index contributed by atoms with van der Waals surface area (Å²) >= 11 is 0. The summed E-state index contributed by atoms with van der Waals surface area (Å²) < 4.78 is 5.19. The van der Waals surface area contributed by atoms with E-state index in [2.05, 4.69) is 23.6 Å². The van der Waals surface area contributed by atoms with Crippen molar-refractivity contribution in [1.82, 2.24) is 10.6 Å². The highest BCUT2D eigenvalue weighted by molar-refractivity contribution is 5.94. The molecule has 0 bridgehead atoms. The van der Waals surface area contributed by atoms with Crippen LogP contribution in [0.25, 0.3) is 0 Å². The Balaban J connectivity index is 1.66. The molecule has 2 aliphatic rings. The maximum atomic E-state index is 12.1. The van der Waals surface area contributed by atoms with E-state index in [1.165, 1.54) is 11.1 Å². The van der Waals surface area contributed by atoms with E-state index in [-0.39, 0.29) is 11.3 Å². The molecule has 102 valence electrons. The van der Waals surface area contributed by atoms with Gasteiger partial charge in [0, 0.05) is 24.1 Å². The second-order valence-corrected chi connectivity index (χ2v) is 5.90. The van der Waals surface area contributed by atoms with Gasteiger partial charge in [-0.25, -0.2) is 0 Å². The lowest BCUT2D eigenvalue weighted by atomic mass is 9.88. The summed E-state index contributed by atoms with van der Waals surface area (Å²) in [5.41, 5.74) is 3.48. The summed E-state index contributed by atoms with van der Waals surface area (Å²) in [6, 6.07) is 6.02. The monoisotopic (exact) mass is 260 g/mol. The van der Waals surface area contributed by atoms with Gasteiger partial charge in [-0.1, -0.05) is 13.0 Å². The van der Waals surface area contributed by atoms with E-state index in [1.807, 2.05) is 12.1 Å². The van der Waals surface area contributed by atoms with E-state index in [4.69, 9.17) is 4.74 Å². The zero-order chi connectivity index (χ0) is 13.3. The average Bonchev–Trinajstić information content (AvgIpc) is 2.42. The Morgan fingerprint density at radius 1 is 1.42 bits per heavy atom. The molecule has 0 atom stereocenters. The molecule has 1 aromatic rings. The van der Waals surface area contributed by atoms with Crippen molar-refractivity contribution in [3.8, 4) is 0 Å². The molecule has 2 heterocycles. The molecule has 4 nitrogen and oxygen atoms in total. The molecule has 4 heteroatoms. The van der Waals surface area contributed by atoms with Crippen LogP contribution in [-0.4, -0.2) is 32.2 Å². The third-order valence-electron chi connectivity index (χ3n) is 3.93. The summed E-state index contributed by atoms with van der Waals surface area (Å²) in [6.45, 7) is 6.18. The second-order valence-electron chi connectivity index (χ2n) is 5.90. The van der Waals surface area contributed by atoms with Crippen LogP contribution in [0.5, 0.6) is 0 Å². The molecular formula is C15H20N2O2. The fourth-order valence-electron chi connectivity index (χ4n) is 2.57. The van der Waals surface area contributed by atoms with Crippen LogP contribution in [0, 0.1) is 5.41 Å². The first kappa shape index (κ1) is 12.6. The molecule has 0 aromatic heterocycles. The van der Waals surface area contributed by atoms with E-state index < -0.39 is 0 Å². The third-order valence-corrected chi connectivity index (χ3v) is 3.93. The molecule has 2 N–H and O–H groups in total. The van der Waals surface area contributed by atoms with E-state index in [0.29, 0.717) is 6.54 Å². The van der Waals surface area contributed by atoms with Crippen molar-refractivity contribution in [2.75, 3.05) is 26.3 Å². The summed E-state index contributed by atoms with van der Waals surface area (Å²) in [6.07, 6.45) is 1.05. The normalized spacial score (nSPS) is 20.3. The minimum Gasteiger partial charge on any atom is -0.380 e. The van der Waals surface area contributed by atoms with Gasteiger partial charge in [0.1, 0.15) is 0 Å². The molecule has 0 radical (unpaired) electrons. The summed E-state index contributed by atoms with van der Waals surface area (Å²) in [4.78, 5) is 12.1. The summed E-state index contributed by atoms with van der Waals surface area (Å²) in [7, 11) is 0. The van der Waals surface area contributed by atoms with E-state index in [1.54, 1.807) is 0 Å². The molecule has 3 rings (SSSR count). The summed E-state index contributed by atoms with van der Waals surface area (Å²) in [5, 5.41) is 6.34. The largest absolute Gasteiger partial charge is 0.380 e. The Hall–Kier alpha value is -1.39. The maximum absolute atomic E-state index is 12.1. The van der Waals surface area contributed by atoms with Crippen LogP contribution < -0.4 is 10.6 Å². The van der Waals surface area contributed by atoms with Crippen LogP contribution in [0.2, 0.25) is 0 Å². The Labute approximate surface area is 113 Å². The molecule has 0 saturated carbocycles. The number of carbonyl (C=O) groups is 1. The topological polar surface area (TPSA) is 50.4 Å². The molecule has 1 saturated heterocycles. The molecule has 2 aliphatic heterocycles. The highest BCUT2D eigenvalue weighted by Gasteiger charge is 2.33. The fourth-order valence-corrected chi connectivity index (χ4v) is 2.57. The minimum absolute atomic E-state index is 0.0153. The molecule has 1 fully saturated rings. The molecule has 1 amide bonds. The van der Waals surface area contributed by atoms with Gasteiger partial charge in [0.15, 0.2) is 0 Å². The van der Waals surface area contributed by atoms with Crippen LogP contribution in [-0.2, 0) is 17.7 Å². The van der Waals surface area contributed by atoms with Gasteiger partial charge >= 0.3 is 0 Å². The maximum Gasteiger partial charge on any atom is 0.251 e. The lowest BCUT2D eigenvalue weighted by Crippen LogP contribution is -2.48. The number of carbonyl (C=O) groups excluding carboxylic acids is 1. The van der Waals surface area contributed by atoms with Crippen LogP contribution in [0.1, 0.15) is 28.4 Å². The standard InChI is InChI=1S/C15H20N2O2/c1-15(9-19-10-15)8-17-14(18)12-3-2-11-4-5-16-7-13(11)6-12/h2-3,6,16H,4-5,7-10H2,1H3,(H,17,18). The van der Waals surface area contributed by atoms with Gasteiger partial charge in [-0.2, -0.15) is 0 Å². The fraction of sp³-hybridized carbons (Fsp3) is 0.533. The first-order valence-electron chi connectivity index (χ1n) is 6.85. The van der Waals surface area contributed by atoms with Crippen molar-refractivity contribution in [3.05, 3.63) is 34.9 Å². The lowest BCUT2D eigenvalue weighted by Gasteiger charge is -2.38. The molecule has 19 heavy (non-hydrogen) atoms. The van der Waals surface area contributed by atoms with Gasteiger partial charge in [-0.05, 0) is 36.2 Å². The molecule has 1 aromatic carbocycles.